The van der Waals surface area contributed by atoms with Crippen molar-refractivity contribution in [3.63, 3.8) is 0 Å². The van der Waals surface area contributed by atoms with Gasteiger partial charge in [-0.3, -0.25) is 0 Å². The fourth-order valence-electron chi connectivity index (χ4n) is 1.35. The van der Waals surface area contributed by atoms with E-state index in [0.717, 1.165) is 22.5 Å². The van der Waals surface area contributed by atoms with Gasteiger partial charge in [0.15, 0.2) is 0 Å². The third-order valence-electron chi connectivity index (χ3n) is 2.09. The van der Waals surface area contributed by atoms with E-state index >= 15 is 0 Å². The normalized spacial score (nSPS) is 9.75. The molecule has 0 amide bonds. The van der Waals surface area contributed by atoms with E-state index in [1.54, 1.807) is 0 Å². The van der Waals surface area contributed by atoms with Gasteiger partial charge in [-0.15, -0.1) is 25.3 Å². The Hall–Kier alpha value is -0.300. The van der Waals surface area contributed by atoms with Crippen molar-refractivity contribution < 1.29 is 0 Å². The smallest absolute Gasteiger partial charge is 0.135 e. The Bertz CT molecular complexity index is 402. The van der Waals surface area contributed by atoms with Gasteiger partial charge in [0, 0.05) is 0 Å². The lowest BCUT2D eigenvalue weighted by Gasteiger charge is -2.16. The molecule has 0 aromatic heterocycles. The number of rotatable bonds is 2. The van der Waals surface area contributed by atoms with Crippen LogP contribution < -0.4 is 10.6 Å². The van der Waals surface area contributed by atoms with E-state index in [1.165, 1.54) is 0 Å². The van der Waals surface area contributed by atoms with Crippen LogP contribution in [0.1, 0.15) is 11.1 Å². The molecule has 0 atom stereocenters. The molecule has 6 heteroatoms. The molecule has 0 saturated heterocycles. The molecule has 0 radical (unpaired) electrons. The van der Waals surface area contributed by atoms with Crippen molar-refractivity contribution in [2.75, 3.05) is 10.6 Å². The average molecular weight is 288 g/mol. The molecule has 0 spiro atoms. The second kappa shape index (κ2) is 5.86. The molecule has 16 heavy (non-hydrogen) atoms. The van der Waals surface area contributed by atoms with Crippen LogP contribution in [0, 0.1) is 13.8 Å². The predicted octanol–water partition coefficient (Wildman–Crippen LogP) is 3.56. The van der Waals surface area contributed by atoms with Crippen molar-refractivity contribution in [1.82, 2.24) is 0 Å². The van der Waals surface area contributed by atoms with Crippen LogP contribution in [0.3, 0.4) is 0 Å². The SMILES string of the molecule is Cc1ccc(C)c(NC(=S)S)c1NC(=S)S. The molecule has 0 fully saturated rings. The Morgan fingerprint density at radius 1 is 0.938 bits per heavy atom. The first-order valence-corrected chi connectivity index (χ1v) is 6.23. The standard InChI is InChI=1S/C10H12N2S4/c1-5-3-4-6(2)8(12-10(15)16)7(5)11-9(13)14/h3-4H,1-2H3,(H2,11,13,14)(H2,12,15,16). The second-order valence-electron chi connectivity index (χ2n) is 3.31. The summed E-state index contributed by atoms with van der Waals surface area (Å²) in [7, 11) is 0. The highest BCUT2D eigenvalue weighted by molar-refractivity contribution is 8.11. The topological polar surface area (TPSA) is 24.1 Å². The predicted molar refractivity (Wildman–Crippen MR) is 86.3 cm³/mol. The van der Waals surface area contributed by atoms with Crippen molar-refractivity contribution in [3.8, 4) is 0 Å². The first-order valence-electron chi connectivity index (χ1n) is 4.52. The summed E-state index contributed by atoms with van der Waals surface area (Å²) in [5, 5.41) is 6.05. The lowest BCUT2D eigenvalue weighted by Crippen LogP contribution is -2.10. The largest absolute Gasteiger partial charge is 0.339 e. The van der Waals surface area contributed by atoms with Crippen molar-refractivity contribution in [3.05, 3.63) is 23.3 Å². The summed E-state index contributed by atoms with van der Waals surface area (Å²) in [6.07, 6.45) is 0. The van der Waals surface area contributed by atoms with E-state index in [9.17, 15) is 0 Å². The van der Waals surface area contributed by atoms with Gasteiger partial charge in [0.2, 0.25) is 0 Å². The summed E-state index contributed by atoms with van der Waals surface area (Å²) < 4.78 is 0.837. The van der Waals surface area contributed by atoms with Crippen molar-refractivity contribution in [2.45, 2.75) is 13.8 Å². The molecule has 1 aromatic carbocycles. The quantitative estimate of drug-likeness (QED) is 0.494. The third-order valence-corrected chi connectivity index (χ3v) is 2.51. The van der Waals surface area contributed by atoms with Crippen LogP contribution in [0.2, 0.25) is 0 Å². The maximum absolute atomic E-state index is 4.93. The van der Waals surface area contributed by atoms with Gasteiger partial charge in [0.25, 0.3) is 0 Å². The fourth-order valence-corrected chi connectivity index (χ4v) is 1.77. The monoisotopic (exact) mass is 288 g/mol. The second-order valence-corrected chi connectivity index (χ2v) is 5.63. The summed E-state index contributed by atoms with van der Waals surface area (Å²) >= 11 is 18.0. The maximum atomic E-state index is 4.93. The van der Waals surface area contributed by atoms with E-state index in [1.807, 2.05) is 26.0 Å². The third kappa shape index (κ3) is 3.62. The van der Waals surface area contributed by atoms with Gasteiger partial charge < -0.3 is 10.6 Å². The van der Waals surface area contributed by atoms with E-state index in [0.29, 0.717) is 8.64 Å². The molecule has 0 bridgehead atoms. The Labute approximate surface area is 117 Å². The summed E-state index contributed by atoms with van der Waals surface area (Å²) in [6.45, 7) is 3.97. The molecule has 2 nitrogen and oxygen atoms in total. The molecule has 1 aromatic rings. The van der Waals surface area contributed by atoms with Crippen molar-refractivity contribution in [1.29, 1.82) is 0 Å². The van der Waals surface area contributed by atoms with Crippen LogP contribution in [0.5, 0.6) is 0 Å². The van der Waals surface area contributed by atoms with Crippen LogP contribution in [0.4, 0.5) is 11.4 Å². The van der Waals surface area contributed by atoms with Gasteiger partial charge in [-0.25, -0.2) is 0 Å². The van der Waals surface area contributed by atoms with Crippen LogP contribution in [-0.2, 0) is 0 Å². The van der Waals surface area contributed by atoms with Gasteiger partial charge in [-0.1, -0.05) is 36.6 Å². The van der Waals surface area contributed by atoms with Crippen molar-refractivity contribution in [2.24, 2.45) is 0 Å². The number of hydrogen-bond acceptors (Lipinski definition) is 2. The minimum absolute atomic E-state index is 0.418. The molecular weight excluding hydrogens is 276 g/mol. The molecule has 1 rings (SSSR count). The van der Waals surface area contributed by atoms with Gasteiger partial charge in [0.1, 0.15) is 8.64 Å². The van der Waals surface area contributed by atoms with Crippen LogP contribution in [0.15, 0.2) is 12.1 Å². The molecule has 2 N–H and O–H groups in total. The lowest BCUT2D eigenvalue weighted by atomic mass is 10.1. The number of aryl methyl sites for hydroxylation is 2. The fraction of sp³-hybridized carbons (Fsp3) is 0.200. The molecule has 86 valence electrons. The van der Waals surface area contributed by atoms with Gasteiger partial charge in [0.05, 0.1) is 11.4 Å². The van der Waals surface area contributed by atoms with E-state index in [-0.39, 0.29) is 0 Å². The maximum Gasteiger partial charge on any atom is 0.135 e. The minimum atomic E-state index is 0.418. The van der Waals surface area contributed by atoms with E-state index < -0.39 is 0 Å². The van der Waals surface area contributed by atoms with Gasteiger partial charge in [-0.05, 0) is 25.0 Å². The highest BCUT2D eigenvalue weighted by Crippen LogP contribution is 2.30. The minimum Gasteiger partial charge on any atom is -0.339 e. The number of thiol groups is 2. The zero-order chi connectivity index (χ0) is 12.3. The van der Waals surface area contributed by atoms with Crippen molar-refractivity contribution >= 4 is 69.7 Å². The molecular formula is C10H12N2S4. The van der Waals surface area contributed by atoms with E-state index in [2.05, 4.69) is 35.9 Å². The Morgan fingerprint density at radius 3 is 1.50 bits per heavy atom. The first-order chi connectivity index (χ1) is 7.41. The average Bonchev–Trinajstić information content (AvgIpc) is 2.16. The summed E-state index contributed by atoms with van der Waals surface area (Å²) in [5.41, 5.74) is 3.90. The zero-order valence-corrected chi connectivity index (χ0v) is 12.3. The number of nitrogens with one attached hydrogen (secondary N) is 2. The Balaban J connectivity index is 3.24. The first kappa shape index (κ1) is 13.8. The molecule has 0 aliphatic heterocycles. The number of benzene rings is 1. The number of anilines is 2. The van der Waals surface area contributed by atoms with Crippen LogP contribution >= 0.6 is 49.7 Å². The molecule has 0 saturated carbocycles. The number of hydrogen-bond donors (Lipinski definition) is 4. The highest BCUT2D eigenvalue weighted by Gasteiger charge is 2.09. The molecule has 0 unspecified atom stereocenters. The Kier molecular flexibility index (Phi) is 5.04. The molecule has 0 aliphatic carbocycles. The van der Waals surface area contributed by atoms with Crippen LogP contribution in [-0.4, -0.2) is 8.64 Å². The molecule has 0 aliphatic rings. The van der Waals surface area contributed by atoms with Crippen LogP contribution in [0.25, 0.3) is 0 Å². The van der Waals surface area contributed by atoms with E-state index in [4.69, 9.17) is 24.4 Å². The summed E-state index contributed by atoms with van der Waals surface area (Å²) in [6, 6.07) is 4.02. The lowest BCUT2D eigenvalue weighted by molar-refractivity contribution is 1.39. The highest BCUT2D eigenvalue weighted by atomic mass is 32.1. The van der Waals surface area contributed by atoms with Gasteiger partial charge >= 0.3 is 0 Å². The summed E-state index contributed by atoms with van der Waals surface area (Å²) in [5.74, 6) is 0. The number of thiocarbonyl (C=S) groups is 2. The van der Waals surface area contributed by atoms with Gasteiger partial charge in [-0.2, -0.15) is 0 Å². The summed E-state index contributed by atoms with van der Waals surface area (Å²) in [4.78, 5) is 0. The Morgan fingerprint density at radius 2 is 1.25 bits per heavy atom. The zero-order valence-electron chi connectivity index (χ0n) is 8.87. The molecule has 0 heterocycles.